The highest BCUT2D eigenvalue weighted by molar-refractivity contribution is 6.32. The van der Waals surface area contributed by atoms with Gasteiger partial charge in [0.25, 0.3) is 5.56 Å². The molecule has 1 aromatic heterocycles. The minimum absolute atomic E-state index is 0.175. The molecule has 0 aliphatic heterocycles. The van der Waals surface area contributed by atoms with Gasteiger partial charge in [0.1, 0.15) is 23.9 Å². The van der Waals surface area contributed by atoms with Crippen LogP contribution in [0.2, 0.25) is 5.02 Å². The number of carbonyl (C=O) groups is 1. The lowest BCUT2D eigenvalue weighted by Crippen LogP contribution is -2.41. The Bertz CT molecular complexity index is 1090. The van der Waals surface area contributed by atoms with Crippen LogP contribution in [0.1, 0.15) is 5.69 Å². The highest BCUT2D eigenvalue weighted by Crippen LogP contribution is 2.30. The number of methoxy groups -OCH3 is 1. The molecule has 156 valence electrons. The normalized spacial score (nSPS) is 11.7. The summed E-state index contributed by atoms with van der Waals surface area (Å²) in [6.07, 6.45) is -2.64. The lowest BCUT2D eigenvalue weighted by Gasteiger charge is -2.15. The van der Waals surface area contributed by atoms with Crippen molar-refractivity contribution in [1.82, 2.24) is 9.13 Å². The van der Waals surface area contributed by atoms with Gasteiger partial charge in [0.15, 0.2) is 0 Å². The Morgan fingerprint density at radius 3 is 2.48 bits per heavy atom. The number of nitrogens with zero attached hydrogens (tertiary/aromatic N) is 2. The Hall–Kier alpha value is -3.08. The van der Waals surface area contributed by atoms with Crippen molar-refractivity contribution in [2.24, 2.45) is 7.05 Å². The zero-order chi connectivity index (χ0) is 21.9. The molecule has 2 aromatic rings. The van der Waals surface area contributed by atoms with Crippen molar-refractivity contribution in [2.45, 2.75) is 6.18 Å². The smallest absolute Gasteiger partial charge is 0.431 e. The predicted octanol–water partition coefficient (Wildman–Crippen LogP) is 2.46. The highest BCUT2D eigenvalue weighted by atomic mass is 35.5. The van der Waals surface area contributed by atoms with Crippen molar-refractivity contribution in [3.05, 3.63) is 67.7 Å². The number of aromatic nitrogens is 2. The second-order valence-electron chi connectivity index (χ2n) is 5.51. The van der Waals surface area contributed by atoms with Crippen LogP contribution in [-0.4, -0.2) is 28.8 Å². The summed E-state index contributed by atoms with van der Waals surface area (Å²) in [6.45, 7) is -0.209. The van der Waals surface area contributed by atoms with Crippen LogP contribution in [-0.2, 0) is 22.8 Å². The van der Waals surface area contributed by atoms with Gasteiger partial charge in [-0.3, -0.25) is 9.36 Å². The standard InChI is InChI=1S/C17H13ClF4N2O5/c1-23-13(17(20,21)22)8-14(25)24(16(23)27)11-7-12(9(18)6-10(11)19)29-5-3-4-15(26)28-2/h3-4,6-8H,5H2,1-2H3/b4-3+. The summed E-state index contributed by atoms with van der Waals surface area (Å²) >= 11 is 5.85. The van der Waals surface area contributed by atoms with Crippen molar-refractivity contribution >= 4 is 17.6 Å². The maximum Gasteiger partial charge on any atom is 0.431 e. The molecule has 12 heteroatoms. The average Bonchev–Trinajstić information content (AvgIpc) is 2.63. The lowest BCUT2D eigenvalue weighted by atomic mass is 10.2. The van der Waals surface area contributed by atoms with Gasteiger partial charge in [0.05, 0.1) is 17.8 Å². The van der Waals surface area contributed by atoms with E-state index in [9.17, 15) is 31.9 Å². The van der Waals surface area contributed by atoms with Gasteiger partial charge in [0.2, 0.25) is 0 Å². The zero-order valence-corrected chi connectivity index (χ0v) is 15.7. The molecule has 0 unspecified atom stereocenters. The van der Waals surface area contributed by atoms with E-state index < -0.39 is 40.6 Å². The average molecular weight is 437 g/mol. The van der Waals surface area contributed by atoms with Gasteiger partial charge >= 0.3 is 17.8 Å². The van der Waals surface area contributed by atoms with E-state index in [0.717, 1.165) is 25.3 Å². The van der Waals surface area contributed by atoms with Crippen LogP contribution in [0.15, 0.2) is 39.9 Å². The van der Waals surface area contributed by atoms with E-state index in [1.165, 1.54) is 13.2 Å². The van der Waals surface area contributed by atoms with Crippen molar-refractivity contribution < 1.29 is 31.8 Å². The topological polar surface area (TPSA) is 79.5 Å². The third-order valence-corrected chi connectivity index (χ3v) is 3.94. The number of alkyl halides is 3. The van der Waals surface area contributed by atoms with Crippen LogP contribution < -0.4 is 16.0 Å². The molecule has 0 atom stereocenters. The first-order valence-corrected chi connectivity index (χ1v) is 8.12. The largest absolute Gasteiger partial charge is 0.488 e. The van der Waals surface area contributed by atoms with Gasteiger partial charge in [-0.15, -0.1) is 0 Å². The summed E-state index contributed by atoms with van der Waals surface area (Å²) in [5.41, 5.74) is -4.94. The molecule has 0 amide bonds. The predicted molar refractivity (Wildman–Crippen MR) is 93.9 cm³/mol. The summed E-state index contributed by atoms with van der Waals surface area (Å²) in [7, 11) is 1.96. The number of carbonyl (C=O) groups excluding carboxylic acids is 1. The Balaban J connectivity index is 2.52. The lowest BCUT2D eigenvalue weighted by molar-refractivity contribution is -0.144. The first-order chi connectivity index (χ1) is 13.5. The van der Waals surface area contributed by atoms with E-state index in [4.69, 9.17) is 16.3 Å². The van der Waals surface area contributed by atoms with Crippen LogP contribution >= 0.6 is 11.6 Å². The summed E-state index contributed by atoms with van der Waals surface area (Å²) in [6, 6.07) is 1.80. The molecular formula is C17H13ClF4N2O5. The van der Waals surface area contributed by atoms with E-state index in [0.29, 0.717) is 0 Å². The molecule has 29 heavy (non-hydrogen) atoms. The molecule has 0 N–H and O–H groups in total. The van der Waals surface area contributed by atoms with Crippen molar-refractivity contribution in [1.29, 1.82) is 0 Å². The molecule has 0 saturated heterocycles. The Kier molecular flexibility index (Phi) is 6.52. The molecule has 0 fully saturated rings. The van der Waals surface area contributed by atoms with Crippen molar-refractivity contribution in [2.75, 3.05) is 13.7 Å². The third kappa shape index (κ3) is 4.86. The summed E-state index contributed by atoms with van der Waals surface area (Å²) in [5, 5.41) is -0.227. The first-order valence-electron chi connectivity index (χ1n) is 7.74. The number of hydrogen-bond donors (Lipinski definition) is 0. The third-order valence-electron chi connectivity index (χ3n) is 3.64. The minimum atomic E-state index is -4.95. The van der Waals surface area contributed by atoms with E-state index in [-0.39, 0.29) is 32.6 Å². The number of ether oxygens (including phenoxy) is 2. The number of rotatable bonds is 5. The SMILES string of the molecule is COC(=O)/C=C/COc1cc(-n2c(=O)cc(C(F)(F)F)n(C)c2=O)c(F)cc1Cl. The fourth-order valence-corrected chi connectivity index (χ4v) is 2.47. The van der Waals surface area contributed by atoms with Gasteiger partial charge < -0.3 is 9.47 Å². The van der Waals surface area contributed by atoms with Crippen LogP contribution in [0.3, 0.4) is 0 Å². The van der Waals surface area contributed by atoms with Gasteiger partial charge in [-0.1, -0.05) is 11.6 Å². The first kappa shape index (κ1) is 22.2. The highest BCUT2D eigenvalue weighted by Gasteiger charge is 2.35. The number of hydrogen-bond acceptors (Lipinski definition) is 5. The van der Waals surface area contributed by atoms with E-state index in [1.807, 2.05) is 0 Å². The van der Waals surface area contributed by atoms with Gasteiger partial charge in [-0.25, -0.2) is 18.5 Å². The van der Waals surface area contributed by atoms with Crippen LogP contribution in [0.25, 0.3) is 5.69 Å². The van der Waals surface area contributed by atoms with E-state index in [1.54, 1.807) is 0 Å². The second-order valence-corrected chi connectivity index (χ2v) is 5.92. The summed E-state index contributed by atoms with van der Waals surface area (Å²) in [5.74, 6) is -1.96. The molecule has 7 nitrogen and oxygen atoms in total. The fraction of sp³-hybridized carbons (Fsp3) is 0.235. The van der Waals surface area contributed by atoms with E-state index in [2.05, 4.69) is 4.74 Å². The Morgan fingerprint density at radius 2 is 1.90 bits per heavy atom. The monoisotopic (exact) mass is 436 g/mol. The second kappa shape index (κ2) is 8.52. The molecule has 1 heterocycles. The minimum Gasteiger partial charge on any atom is -0.488 e. The van der Waals surface area contributed by atoms with Gasteiger partial charge in [-0.05, 0) is 12.1 Å². The van der Waals surface area contributed by atoms with Crippen molar-refractivity contribution in [3.63, 3.8) is 0 Å². The Labute approximate surface area is 165 Å². The number of benzene rings is 1. The fourth-order valence-electron chi connectivity index (χ4n) is 2.27. The molecular weight excluding hydrogens is 424 g/mol. The Morgan fingerprint density at radius 1 is 1.24 bits per heavy atom. The molecule has 0 aliphatic carbocycles. The maximum atomic E-state index is 14.3. The molecule has 0 saturated carbocycles. The molecule has 2 rings (SSSR count). The maximum absolute atomic E-state index is 14.3. The summed E-state index contributed by atoms with van der Waals surface area (Å²) < 4.78 is 63.2. The zero-order valence-electron chi connectivity index (χ0n) is 14.9. The number of halogens is 5. The molecule has 0 spiro atoms. The van der Waals surface area contributed by atoms with Gasteiger partial charge in [0, 0.05) is 25.3 Å². The summed E-state index contributed by atoms with van der Waals surface area (Å²) in [4.78, 5) is 35.4. The van der Waals surface area contributed by atoms with Crippen LogP contribution in [0.4, 0.5) is 17.6 Å². The quantitative estimate of drug-likeness (QED) is 0.409. The van der Waals surface area contributed by atoms with Crippen molar-refractivity contribution in [3.8, 4) is 11.4 Å². The molecule has 0 bridgehead atoms. The van der Waals surface area contributed by atoms with Gasteiger partial charge in [-0.2, -0.15) is 13.2 Å². The van der Waals surface area contributed by atoms with E-state index >= 15 is 0 Å². The number of esters is 1. The molecule has 1 aromatic carbocycles. The molecule has 0 aliphatic rings. The van der Waals surface area contributed by atoms with Crippen LogP contribution in [0, 0.1) is 5.82 Å². The van der Waals surface area contributed by atoms with Crippen LogP contribution in [0.5, 0.6) is 5.75 Å². The molecule has 0 radical (unpaired) electrons.